The van der Waals surface area contributed by atoms with Gasteiger partial charge in [0.05, 0.1) is 21.8 Å². The van der Waals surface area contributed by atoms with Gasteiger partial charge in [-0.05, 0) is 50.1 Å². The van der Waals surface area contributed by atoms with E-state index >= 15 is 0 Å². The molecule has 0 aliphatic carbocycles. The van der Waals surface area contributed by atoms with Crippen LogP contribution in [0.5, 0.6) is 0 Å². The van der Waals surface area contributed by atoms with Crippen LogP contribution in [0.4, 0.5) is 0 Å². The van der Waals surface area contributed by atoms with Crippen molar-refractivity contribution in [3.05, 3.63) is 75.1 Å². The van der Waals surface area contributed by atoms with Crippen LogP contribution in [-0.4, -0.2) is 19.7 Å². The molecule has 0 aliphatic rings. The fourth-order valence-corrected chi connectivity index (χ4v) is 4.33. The van der Waals surface area contributed by atoms with Crippen molar-refractivity contribution < 1.29 is 4.52 Å². The van der Waals surface area contributed by atoms with E-state index in [9.17, 15) is 4.79 Å². The fraction of sp³-hybridized carbons (Fsp3) is 0.273. The average Bonchev–Trinajstić information content (AvgIpc) is 3.20. The summed E-state index contributed by atoms with van der Waals surface area (Å²) in [5.41, 5.74) is 2.02. The van der Waals surface area contributed by atoms with Crippen molar-refractivity contribution in [3.8, 4) is 5.69 Å². The number of halogens is 1. The lowest BCUT2D eigenvalue weighted by Crippen LogP contribution is -2.22. The van der Waals surface area contributed by atoms with Crippen molar-refractivity contribution in [3.63, 3.8) is 0 Å². The highest BCUT2D eigenvalue weighted by Gasteiger charge is 2.21. The molecular formula is C22H21ClN4O2S. The Morgan fingerprint density at radius 1 is 1.17 bits per heavy atom. The number of rotatable bonds is 6. The lowest BCUT2D eigenvalue weighted by molar-refractivity contribution is 0.374. The maximum atomic E-state index is 13.4. The van der Waals surface area contributed by atoms with Crippen LogP contribution in [0.3, 0.4) is 0 Å². The second-order valence-corrected chi connectivity index (χ2v) is 8.71. The Balaban J connectivity index is 1.85. The van der Waals surface area contributed by atoms with Crippen molar-refractivity contribution in [2.75, 3.05) is 0 Å². The number of nitrogens with zero attached hydrogens (tertiary/aromatic N) is 4. The Labute approximate surface area is 183 Å². The van der Waals surface area contributed by atoms with Gasteiger partial charge in [-0.25, -0.2) is 4.98 Å². The van der Waals surface area contributed by atoms with Crippen molar-refractivity contribution in [1.29, 1.82) is 0 Å². The minimum absolute atomic E-state index is 0.141. The topological polar surface area (TPSA) is 73.8 Å². The zero-order valence-electron chi connectivity index (χ0n) is 16.9. The van der Waals surface area contributed by atoms with E-state index in [-0.39, 0.29) is 10.8 Å². The van der Waals surface area contributed by atoms with E-state index in [4.69, 9.17) is 21.1 Å². The first kappa shape index (κ1) is 20.6. The van der Waals surface area contributed by atoms with Gasteiger partial charge in [-0.1, -0.05) is 53.6 Å². The van der Waals surface area contributed by atoms with Crippen LogP contribution in [0, 0.1) is 6.92 Å². The summed E-state index contributed by atoms with van der Waals surface area (Å²) >= 11 is 7.75. The summed E-state index contributed by atoms with van der Waals surface area (Å²) in [6, 6.07) is 12.9. The van der Waals surface area contributed by atoms with E-state index in [1.54, 1.807) is 10.6 Å². The highest BCUT2D eigenvalue weighted by atomic mass is 35.5. The van der Waals surface area contributed by atoms with Crippen molar-refractivity contribution in [2.45, 2.75) is 44.0 Å². The van der Waals surface area contributed by atoms with Gasteiger partial charge in [-0.15, -0.1) is 0 Å². The monoisotopic (exact) mass is 440 g/mol. The highest BCUT2D eigenvalue weighted by Crippen LogP contribution is 2.35. The summed E-state index contributed by atoms with van der Waals surface area (Å²) in [6.07, 6.45) is 1.71. The smallest absolute Gasteiger partial charge is 0.266 e. The summed E-state index contributed by atoms with van der Waals surface area (Å²) in [4.78, 5) is 22.7. The minimum atomic E-state index is -0.179. The molecule has 0 spiro atoms. The van der Waals surface area contributed by atoms with Crippen LogP contribution in [0.15, 0.2) is 56.9 Å². The van der Waals surface area contributed by atoms with Gasteiger partial charge in [-0.2, -0.15) is 4.98 Å². The molecule has 2 heterocycles. The van der Waals surface area contributed by atoms with Crippen LogP contribution < -0.4 is 5.56 Å². The summed E-state index contributed by atoms with van der Waals surface area (Å²) in [6.45, 7) is 5.93. The molecule has 2 aromatic carbocycles. The number of benzene rings is 2. The third-order valence-corrected chi connectivity index (χ3v) is 6.26. The van der Waals surface area contributed by atoms with Gasteiger partial charge in [0.2, 0.25) is 5.89 Å². The third kappa shape index (κ3) is 3.87. The average molecular weight is 441 g/mol. The predicted octanol–water partition coefficient (Wildman–Crippen LogP) is 5.54. The number of aromatic nitrogens is 4. The molecule has 8 heteroatoms. The van der Waals surface area contributed by atoms with Crippen molar-refractivity contribution in [1.82, 2.24) is 19.7 Å². The zero-order chi connectivity index (χ0) is 21.3. The van der Waals surface area contributed by atoms with E-state index in [1.165, 1.54) is 11.8 Å². The number of hydrogen-bond acceptors (Lipinski definition) is 6. The number of aryl methyl sites for hydroxylation is 1. The molecule has 154 valence electrons. The van der Waals surface area contributed by atoms with E-state index in [2.05, 4.69) is 17.1 Å². The summed E-state index contributed by atoms with van der Waals surface area (Å²) in [5.74, 6) is 1.20. The first-order chi connectivity index (χ1) is 14.5. The van der Waals surface area contributed by atoms with Crippen LogP contribution in [0.1, 0.15) is 42.8 Å². The number of para-hydroxylation sites is 1. The summed E-state index contributed by atoms with van der Waals surface area (Å²) in [7, 11) is 0. The lowest BCUT2D eigenvalue weighted by atomic mass is 10.2. The van der Waals surface area contributed by atoms with Gasteiger partial charge >= 0.3 is 0 Å². The largest absolute Gasteiger partial charge is 0.338 e. The van der Waals surface area contributed by atoms with E-state index < -0.39 is 0 Å². The molecule has 0 aliphatic heterocycles. The Morgan fingerprint density at radius 3 is 2.77 bits per heavy atom. The van der Waals surface area contributed by atoms with Crippen LogP contribution >= 0.6 is 23.4 Å². The highest BCUT2D eigenvalue weighted by molar-refractivity contribution is 7.99. The predicted molar refractivity (Wildman–Crippen MR) is 120 cm³/mol. The van der Waals surface area contributed by atoms with Gasteiger partial charge in [0.15, 0.2) is 11.0 Å². The molecule has 0 N–H and O–H groups in total. The maximum absolute atomic E-state index is 13.4. The molecule has 4 aromatic rings. The molecule has 0 saturated carbocycles. The quantitative estimate of drug-likeness (QED) is 0.289. The Kier molecular flexibility index (Phi) is 5.92. The molecule has 1 unspecified atom stereocenters. The van der Waals surface area contributed by atoms with Crippen molar-refractivity contribution >= 4 is 34.3 Å². The molecule has 0 amide bonds. The molecular weight excluding hydrogens is 420 g/mol. The SMILES string of the molecule is CCCc1noc(C(C)Sc2nc3ccccc3c(=O)n2-c2cccc(Cl)c2C)n1. The normalized spacial score (nSPS) is 12.4. The maximum Gasteiger partial charge on any atom is 0.266 e. The number of thioether (sulfide) groups is 1. The van der Waals surface area contributed by atoms with Gasteiger partial charge in [0.25, 0.3) is 5.56 Å². The van der Waals surface area contributed by atoms with Crippen LogP contribution in [0.2, 0.25) is 5.02 Å². The minimum Gasteiger partial charge on any atom is -0.338 e. The zero-order valence-corrected chi connectivity index (χ0v) is 18.5. The first-order valence-corrected chi connectivity index (χ1v) is 11.0. The van der Waals surface area contributed by atoms with Crippen molar-refractivity contribution in [2.24, 2.45) is 0 Å². The number of fused-ring (bicyclic) bond motifs is 1. The summed E-state index contributed by atoms with van der Waals surface area (Å²) < 4.78 is 7.06. The standard InChI is InChI=1S/C22H21ClN4O2S/c1-4-8-19-25-20(29-26-19)14(3)30-22-24-17-11-6-5-9-15(17)21(28)27(22)18-12-7-10-16(23)13(18)2/h5-7,9-12,14H,4,8H2,1-3H3. The number of hydrogen-bond donors (Lipinski definition) is 0. The van der Waals surface area contributed by atoms with Gasteiger partial charge in [0.1, 0.15) is 0 Å². The third-order valence-electron chi connectivity index (χ3n) is 4.81. The molecule has 4 rings (SSSR count). The van der Waals surface area contributed by atoms with E-state index in [0.29, 0.717) is 38.5 Å². The lowest BCUT2D eigenvalue weighted by Gasteiger charge is -2.17. The molecule has 0 fully saturated rings. The molecule has 0 bridgehead atoms. The molecule has 2 aromatic heterocycles. The van der Waals surface area contributed by atoms with E-state index in [0.717, 1.165) is 18.4 Å². The van der Waals surface area contributed by atoms with Crippen LogP contribution in [0.25, 0.3) is 16.6 Å². The summed E-state index contributed by atoms with van der Waals surface area (Å²) in [5, 5.41) is 5.55. The Hall–Kier alpha value is -2.64. The Bertz CT molecular complexity index is 1270. The van der Waals surface area contributed by atoms with Gasteiger partial charge in [0, 0.05) is 11.4 Å². The molecule has 1 atom stereocenters. The van der Waals surface area contributed by atoms with Gasteiger partial charge in [-0.3, -0.25) is 9.36 Å². The van der Waals surface area contributed by atoms with Gasteiger partial charge < -0.3 is 4.52 Å². The van der Waals surface area contributed by atoms with Crippen LogP contribution in [-0.2, 0) is 6.42 Å². The molecule has 6 nitrogen and oxygen atoms in total. The fourth-order valence-electron chi connectivity index (χ4n) is 3.21. The molecule has 0 saturated heterocycles. The van der Waals surface area contributed by atoms with E-state index in [1.807, 2.05) is 50.2 Å². The Morgan fingerprint density at radius 2 is 1.97 bits per heavy atom. The molecule has 30 heavy (non-hydrogen) atoms. The second-order valence-electron chi connectivity index (χ2n) is 6.99. The first-order valence-electron chi connectivity index (χ1n) is 9.76. The second kappa shape index (κ2) is 8.62. The molecule has 0 radical (unpaired) electrons.